The second-order valence-corrected chi connectivity index (χ2v) is 4.46. The molecule has 17 heavy (non-hydrogen) atoms. The molecular weight excluding hydrogens is 284 g/mol. The number of aromatic amines is 1. The number of nitrogen functional groups attached to an aromatic ring is 1. The Morgan fingerprint density at radius 1 is 1.35 bits per heavy atom. The average molecular weight is 295 g/mol. The van der Waals surface area contributed by atoms with E-state index in [1.54, 1.807) is 12.3 Å². The summed E-state index contributed by atoms with van der Waals surface area (Å²) in [4.78, 5) is 14.3. The number of hydrogen-bond donors (Lipinski definition) is 2. The third-order valence-corrected chi connectivity index (χ3v) is 2.74. The molecule has 1 aromatic heterocycles. The standard InChI is InChI=1S/C12H11BrN2O2/c13-9-3-1-8(2-4-9)7-17-12(16)11-5-10(14)6-15-11/h1-6,15H,7,14H2. The van der Waals surface area contributed by atoms with Crippen LogP contribution in [0.1, 0.15) is 16.1 Å². The van der Waals surface area contributed by atoms with Crippen LogP contribution in [0.25, 0.3) is 0 Å². The van der Waals surface area contributed by atoms with E-state index < -0.39 is 5.97 Å². The van der Waals surface area contributed by atoms with Gasteiger partial charge in [0.15, 0.2) is 0 Å². The van der Waals surface area contributed by atoms with Crippen molar-refractivity contribution in [1.29, 1.82) is 0 Å². The molecule has 3 N–H and O–H groups in total. The van der Waals surface area contributed by atoms with Crippen LogP contribution >= 0.6 is 15.9 Å². The summed E-state index contributed by atoms with van der Waals surface area (Å²) in [6, 6.07) is 9.12. The fourth-order valence-electron chi connectivity index (χ4n) is 1.34. The van der Waals surface area contributed by atoms with Crippen LogP contribution in [0.4, 0.5) is 5.69 Å². The summed E-state index contributed by atoms with van der Waals surface area (Å²) >= 11 is 3.34. The Balaban J connectivity index is 1.94. The highest BCUT2D eigenvalue weighted by Crippen LogP contribution is 2.12. The van der Waals surface area contributed by atoms with Gasteiger partial charge in [-0.15, -0.1) is 0 Å². The predicted octanol–water partition coefficient (Wildman–Crippen LogP) is 2.72. The van der Waals surface area contributed by atoms with Gasteiger partial charge in [-0.2, -0.15) is 0 Å². The zero-order valence-corrected chi connectivity index (χ0v) is 10.5. The first-order valence-corrected chi connectivity index (χ1v) is 5.80. The molecule has 0 bridgehead atoms. The van der Waals surface area contributed by atoms with Crippen LogP contribution in [0.2, 0.25) is 0 Å². The first-order chi connectivity index (χ1) is 8.15. The van der Waals surface area contributed by atoms with Crippen molar-refractivity contribution in [3.8, 4) is 0 Å². The molecule has 0 amide bonds. The number of esters is 1. The molecule has 4 nitrogen and oxygen atoms in total. The number of carbonyl (C=O) groups is 1. The molecule has 0 saturated heterocycles. The van der Waals surface area contributed by atoms with Crippen LogP contribution in [0.3, 0.4) is 0 Å². The van der Waals surface area contributed by atoms with E-state index in [4.69, 9.17) is 10.5 Å². The molecule has 0 aliphatic heterocycles. The lowest BCUT2D eigenvalue weighted by Gasteiger charge is -2.03. The van der Waals surface area contributed by atoms with Crippen molar-refractivity contribution < 1.29 is 9.53 Å². The van der Waals surface area contributed by atoms with Gasteiger partial charge in [0.2, 0.25) is 0 Å². The van der Waals surface area contributed by atoms with E-state index in [1.165, 1.54) is 0 Å². The minimum absolute atomic E-state index is 0.241. The molecule has 0 saturated carbocycles. The molecule has 0 aliphatic carbocycles. The van der Waals surface area contributed by atoms with Crippen molar-refractivity contribution in [3.05, 3.63) is 52.3 Å². The second kappa shape index (κ2) is 5.05. The Morgan fingerprint density at radius 3 is 2.65 bits per heavy atom. The highest BCUT2D eigenvalue weighted by Gasteiger charge is 2.09. The minimum Gasteiger partial charge on any atom is -0.456 e. The summed E-state index contributed by atoms with van der Waals surface area (Å²) in [6.07, 6.45) is 1.55. The molecule has 0 unspecified atom stereocenters. The molecule has 2 aromatic rings. The van der Waals surface area contributed by atoms with E-state index in [-0.39, 0.29) is 6.61 Å². The maximum Gasteiger partial charge on any atom is 0.355 e. The van der Waals surface area contributed by atoms with Crippen LogP contribution in [-0.4, -0.2) is 11.0 Å². The van der Waals surface area contributed by atoms with E-state index in [0.717, 1.165) is 10.0 Å². The fourth-order valence-corrected chi connectivity index (χ4v) is 1.60. The third-order valence-electron chi connectivity index (χ3n) is 2.21. The van der Waals surface area contributed by atoms with Gasteiger partial charge in [-0.25, -0.2) is 4.79 Å². The number of anilines is 1. The van der Waals surface area contributed by atoms with E-state index in [0.29, 0.717) is 11.4 Å². The smallest absolute Gasteiger partial charge is 0.355 e. The number of hydrogen-bond acceptors (Lipinski definition) is 3. The molecule has 1 aromatic carbocycles. The lowest BCUT2D eigenvalue weighted by Crippen LogP contribution is -2.05. The molecule has 88 valence electrons. The second-order valence-electron chi connectivity index (χ2n) is 3.55. The summed E-state index contributed by atoms with van der Waals surface area (Å²) in [5, 5.41) is 0. The molecule has 0 spiro atoms. The molecule has 2 rings (SSSR count). The van der Waals surface area contributed by atoms with Gasteiger partial charge < -0.3 is 15.5 Å². The molecule has 0 aliphatic rings. The summed E-state index contributed by atoms with van der Waals surface area (Å²) in [5.74, 6) is -0.412. The topological polar surface area (TPSA) is 68.1 Å². The highest BCUT2D eigenvalue weighted by molar-refractivity contribution is 9.10. The Morgan fingerprint density at radius 2 is 2.06 bits per heavy atom. The van der Waals surface area contributed by atoms with Crippen LogP contribution < -0.4 is 5.73 Å². The fraction of sp³-hybridized carbons (Fsp3) is 0.0833. The first kappa shape index (κ1) is 11.7. The Hall–Kier alpha value is -1.75. The zero-order valence-electron chi connectivity index (χ0n) is 8.94. The quantitative estimate of drug-likeness (QED) is 0.855. The van der Waals surface area contributed by atoms with E-state index in [2.05, 4.69) is 20.9 Å². The Kier molecular flexibility index (Phi) is 3.49. The normalized spacial score (nSPS) is 10.2. The molecule has 1 heterocycles. The van der Waals surface area contributed by atoms with Crippen molar-refractivity contribution in [1.82, 2.24) is 4.98 Å². The van der Waals surface area contributed by atoms with Crippen LogP contribution in [0.5, 0.6) is 0 Å². The highest BCUT2D eigenvalue weighted by atomic mass is 79.9. The number of aromatic nitrogens is 1. The summed E-state index contributed by atoms with van der Waals surface area (Å²) in [7, 11) is 0. The molecule has 0 radical (unpaired) electrons. The van der Waals surface area contributed by atoms with Gasteiger partial charge in [0, 0.05) is 10.7 Å². The molecule has 0 fully saturated rings. The van der Waals surface area contributed by atoms with E-state index in [1.807, 2.05) is 24.3 Å². The zero-order chi connectivity index (χ0) is 12.3. The van der Waals surface area contributed by atoms with Crippen LogP contribution in [0, 0.1) is 0 Å². The minimum atomic E-state index is -0.412. The number of rotatable bonds is 3. The van der Waals surface area contributed by atoms with Crippen LogP contribution in [0.15, 0.2) is 41.0 Å². The van der Waals surface area contributed by atoms with Gasteiger partial charge >= 0.3 is 5.97 Å². The van der Waals surface area contributed by atoms with Crippen molar-refractivity contribution in [2.45, 2.75) is 6.61 Å². The van der Waals surface area contributed by atoms with Gasteiger partial charge in [0.25, 0.3) is 0 Å². The molecular formula is C12H11BrN2O2. The third kappa shape index (κ3) is 3.10. The predicted molar refractivity (Wildman–Crippen MR) is 68.5 cm³/mol. The number of ether oxygens (including phenoxy) is 1. The number of nitrogens with one attached hydrogen (secondary N) is 1. The average Bonchev–Trinajstić information content (AvgIpc) is 2.75. The van der Waals surface area contributed by atoms with Crippen molar-refractivity contribution in [2.24, 2.45) is 0 Å². The first-order valence-electron chi connectivity index (χ1n) is 5.00. The van der Waals surface area contributed by atoms with Gasteiger partial charge in [0.05, 0.1) is 5.69 Å². The number of halogens is 1. The summed E-state index contributed by atoms with van der Waals surface area (Å²) in [6.45, 7) is 0.241. The number of benzene rings is 1. The number of H-pyrrole nitrogens is 1. The maximum absolute atomic E-state index is 11.6. The van der Waals surface area contributed by atoms with Crippen molar-refractivity contribution in [3.63, 3.8) is 0 Å². The largest absolute Gasteiger partial charge is 0.456 e. The van der Waals surface area contributed by atoms with Gasteiger partial charge in [0.1, 0.15) is 12.3 Å². The van der Waals surface area contributed by atoms with Crippen molar-refractivity contribution >= 4 is 27.6 Å². The van der Waals surface area contributed by atoms with Gasteiger partial charge in [-0.1, -0.05) is 28.1 Å². The van der Waals surface area contributed by atoms with Gasteiger partial charge in [-0.3, -0.25) is 0 Å². The Labute approximate surface area is 107 Å². The monoisotopic (exact) mass is 294 g/mol. The number of nitrogens with two attached hydrogens (primary N) is 1. The Bertz CT molecular complexity index is 520. The lowest BCUT2D eigenvalue weighted by atomic mass is 10.2. The van der Waals surface area contributed by atoms with Gasteiger partial charge in [-0.05, 0) is 23.8 Å². The summed E-state index contributed by atoms with van der Waals surface area (Å²) in [5.41, 5.74) is 7.30. The van der Waals surface area contributed by atoms with Crippen LogP contribution in [-0.2, 0) is 11.3 Å². The molecule has 5 heteroatoms. The van der Waals surface area contributed by atoms with E-state index >= 15 is 0 Å². The van der Waals surface area contributed by atoms with Crippen molar-refractivity contribution in [2.75, 3.05) is 5.73 Å². The van der Waals surface area contributed by atoms with E-state index in [9.17, 15) is 4.79 Å². The molecule has 0 atom stereocenters. The number of carbonyl (C=O) groups excluding carboxylic acids is 1. The summed E-state index contributed by atoms with van der Waals surface area (Å²) < 4.78 is 6.12. The lowest BCUT2D eigenvalue weighted by molar-refractivity contribution is 0.0466. The SMILES string of the molecule is Nc1c[nH]c(C(=O)OCc2ccc(Br)cc2)c1. The maximum atomic E-state index is 11.6.